The van der Waals surface area contributed by atoms with Crippen molar-refractivity contribution in [2.45, 2.75) is 70.1 Å². The molecule has 3 atom stereocenters. The molecule has 34 heavy (non-hydrogen) atoms. The van der Waals surface area contributed by atoms with E-state index < -0.39 is 11.7 Å². The Labute approximate surface area is 198 Å². The molecule has 2 bridgehead atoms. The van der Waals surface area contributed by atoms with Crippen LogP contribution in [0.4, 0.5) is 13.2 Å². The lowest BCUT2D eigenvalue weighted by Crippen LogP contribution is -2.39. The van der Waals surface area contributed by atoms with Gasteiger partial charge in [0.15, 0.2) is 0 Å². The highest BCUT2D eigenvalue weighted by molar-refractivity contribution is 5.95. The van der Waals surface area contributed by atoms with Crippen LogP contribution >= 0.6 is 0 Å². The number of pyridine rings is 1. The Hall–Kier alpha value is -2.41. The van der Waals surface area contributed by atoms with Gasteiger partial charge >= 0.3 is 6.18 Å². The van der Waals surface area contributed by atoms with Crippen LogP contribution in [0.3, 0.4) is 0 Å². The lowest BCUT2D eigenvalue weighted by Gasteiger charge is -2.33. The van der Waals surface area contributed by atoms with Gasteiger partial charge in [0.05, 0.1) is 16.8 Å². The Morgan fingerprint density at radius 2 is 1.82 bits per heavy atom. The number of aromatic nitrogens is 1. The number of carbonyl (C=O) groups is 1. The molecule has 1 amide bonds. The van der Waals surface area contributed by atoms with E-state index in [1.165, 1.54) is 25.3 Å². The fraction of sp³-hybridized carbons (Fsp3) is 0.556. The molecule has 7 heteroatoms. The summed E-state index contributed by atoms with van der Waals surface area (Å²) in [5, 5.41) is 3.29. The highest BCUT2D eigenvalue weighted by Crippen LogP contribution is 2.44. The van der Waals surface area contributed by atoms with E-state index >= 15 is 0 Å². The van der Waals surface area contributed by atoms with Gasteiger partial charge in [-0.3, -0.25) is 14.7 Å². The minimum atomic E-state index is -4.35. The van der Waals surface area contributed by atoms with Gasteiger partial charge in [0.2, 0.25) is 0 Å². The Balaban J connectivity index is 1.25. The number of amides is 1. The van der Waals surface area contributed by atoms with Gasteiger partial charge in [-0.15, -0.1) is 0 Å². The summed E-state index contributed by atoms with van der Waals surface area (Å²) in [4.78, 5) is 20.1. The molecular formula is C27H32F3N3O. The van der Waals surface area contributed by atoms with E-state index in [-0.39, 0.29) is 24.4 Å². The first kappa shape index (κ1) is 23.3. The number of likely N-dealkylation sites (tertiary alicyclic amines) is 1. The number of fused-ring (bicyclic) bond motifs is 2. The molecule has 0 spiro atoms. The zero-order chi connectivity index (χ0) is 23.9. The molecule has 1 aromatic carbocycles. The van der Waals surface area contributed by atoms with Gasteiger partial charge in [-0.1, -0.05) is 24.6 Å². The summed E-state index contributed by atoms with van der Waals surface area (Å²) in [7, 11) is 0. The standard InChI is InChI=1S/C27H32F3N3O/c1-17-6-9-22(26(34)32-24-15-18-7-8-20(24)14-18)25(31-17)19-10-12-33(13-11-19)16-21-4-2-3-5-23(21)27(28,29)30/h2-6,9,18-20,24H,7-8,10-16H2,1H3,(H,32,34)/t18-,20-,24+/m0/s1. The second kappa shape index (κ2) is 9.33. The van der Waals surface area contributed by atoms with Gasteiger partial charge in [-0.25, -0.2) is 0 Å². The Bertz CT molecular complexity index is 1050. The summed E-state index contributed by atoms with van der Waals surface area (Å²) in [5.74, 6) is 1.48. The number of piperidine rings is 1. The predicted octanol–water partition coefficient (Wildman–Crippen LogP) is 5.71. The number of hydrogen-bond acceptors (Lipinski definition) is 3. The van der Waals surface area contributed by atoms with E-state index in [9.17, 15) is 18.0 Å². The van der Waals surface area contributed by atoms with Crippen LogP contribution in [0, 0.1) is 18.8 Å². The van der Waals surface area contributed by atoms with Crippen molar-refractivity contribution >= 4 is 5.91 Å². The molecule has 1 aromatic heterocycles. The van der Waals surface area contributed by atoms with Crippen LogP contribution in [0.1, 0.15) is 77.3 Å². The number of nitrogens with zero attached hydrogens (tertiary/aromatic N) is 2. The Morgan fingerprint density at radius 3 is 2.50 bits per heavy atom. The monoisotopic (exact) mass is 471 g/mol. The molecule has 0 unspecified atom stereocenters. The molecular weight excluding hydrogens is 439 g/mol. The number of halogens is 3. The quantitative estimate of drug-likeness (QED) is 0.608. The topological polar surface area (TPSA) is 45.2 Å². The molecule has 5 rings (SSSR count). The first-order valence-corrected chi connectivity index (χ1v) is 12.4. The maximum absolute atomic E-state index is 13.4. The molecule has 2 heterocycles. The third kappa shape index (κ3) is 4.85. The van der Waals surface area contributed by atoms with Gasteiger partial charge in [-0.05, 0) is 87.7 Å². The van der Waals surface area contributed by atoms with Gasteiger partial charge in [0.25, 0.3) is 5.91 Å². The summed E-state index contributed by atoms with van der Waals surface area (Å²) < 4.78 is 40.1. The molecule has 1 N–H and O–H groups in total. The highest BCUT2D eigenvalue weighted by Gasteiger charge is 2.40. The van der Waals surface area contributed by atoms with Crippen molar-refractivity contribution in [2.24, 2.45) is 11.8 Å². The van der Waals surface area contributed by atoms with Crippen LogP contribution in [-0.2, 0) is 12.7 Å². The van der Waals surface area contributed by atoms with Crippen LogP contribution in [0.2, 0.25) is 0 Å². The van der Waals surface area contributed by atoms with E-state index in [2.05, 4.69) is 10.2 Å². The molecule has 182 valence electrons. The molecule has 2 aliphatic carbocycles. The second-order valence-electron chi connectivity index (χ2n) is 10.3. The van der Waals surface area contributed by atoms with E-state index in [4.69, 9.17) is 4.98 Å². The van der Waals surface area contributed by atoms with Crippen LogP contribution in [0.5, 0.6) is 0 Å². The largest absolute Gasteiger partial charge is 0.416 e. The van der Waals surface area contributed by atoms with Crippen LogP contribution in [-0.4, -0.2) is 34.9 Å². The number of carbonyl (C=O) groups excluding carboxylic acids is 1. The lowest BCUT2D eigenvalue weighted by atomic mass is 9.89. The normalized spacial score (nSPS) is 25.6. The van der Waals surface area contributed by atoms with Crippen LogP contribution in [0.15, 0.2) is 36.4 Å². The van der Waals surface area contributed by atoms with E-state index in [1.54, 1.807) is 12.1 Å². The van der Waals surface area contributed by atoms with E-state index in [1.807, 2.05) is 19.1 Å². The summed E-state index contributed by atoms with van der Waals surface area (Å²) in [6.45, 7) is 3.57. The smallest absolute Gasteiger partial charge is 0.349 e. The van der Waals surface area contributed by atoms with Crippen LogP contribution < -0.4 is 5.32 Å². The number of nitrogens with one attached hydrogen (secondary N) is 1. The van der Waals surface area contributed by atoms with Crippen molar-refractivity contribution in [3.63, 3.8) is 0 Å². The molecule has 1 aliphatic heterocycles. The maximum Gasteiger partial charge on any atom is 0.416 e. The first-order valence-electron chi connectivity index (χ1n) is 12.4. The third-order valence-corrected chi connectivity index (χ3v) is 8.05. The average molecular weight is 472 g/mol. The van der Waals surface area contributed by atoms with Gasteiger partial charge < -0.3 is 5.32 Å². The summed E-state index contributed by atoms with van der Waals surface area (Å²) in [6, 6.07) is 9.88. The van der Waals surface area contributed by atoms with E-state index in [0.29, 0.717) is 30.1 Å². The maximum atomic E-state index is 13.4. The molecule has 1 saturated heterocycles. The van der Waals surface area contributed by atoms with Crippen molar-refractivity contribution < 1.29 is 18.0 Å². The average Bonchev–Trinajstić information content (AvgIpc) is 3.42. The minimum Gasteiger partial charge on any atom is -0.349 e. The Morgan fingerprint density at radius 1 is 1.06 bits per heavy atom. The zero-order valence-electron chi connectivity index (χ0n) is 19.6. The number of benzene rings is 1. The van der Waals surface area contributed by atoms with Crippen molar-refractivity contribution in [3.8, 4) is 0 Å². The number of aryl methyl sites for hydroxylation is 1. The molecule has 2 saturated carbocycles. The van der Waals surface area contributed by atoms with Gasteiger partial charge in [-0.2, -0.15) is 13.2 Å². The zero-order valence-corrected chi connectivity index (χ0v) is 19.6. The number of rotatable bonds is 5. The molecule has 3 aliphatic rings. The molecule has 3 fully saturated rings. The van der Waals surface area contributed by atoms with Crippen molar-refractivity contribution in [3.05, 3.63) is 64.5 Å². The summed E-state index contributed by atoms with van der Waals surface area (Å²) in [6.07, 6.45) is 2.03. The second-order valence-corrected chi connectivity index (χ2v) is 10.3. The molecule has 2 aromatic rings. The number of hydrogen-bond donors (Lipinski definition) is 1. The summed E-state index contributed by atoms with van der Waals surface area (Å²) >= 11 is 0. The molecule has 0 radical (unpaired) electrons. The van der Waals surface area contributed by atoms with Crippen LogP contribution in [0.25, 0.3) is 0 Å². The van der Waals surface area contributed by atoms with Gasteiger partial charge in [0, 0.05) is 24.2 Å². The van der Waals surface area contributed by atoms with Crippen molar-refractivity contribution in [1.29, 1.82) is 0 Å². The van der Waals surface area contributed by atoms with E-state index in [0.717, 1.165) is 42.6 Å². The minimum absolute atomic E-state index is 0.0263. The third-order valence-electron chi connectivity index (χ3n) is 8.05. The van der Waals surface area contributed by atoms with Crippen molar-refractivity contribution in [1.82, 2.24) is 15.2 Å². The fourth-order valence-corrected chi connectivity index (χ4v) is 6.29. The Kier molecular flexibility index (Phi) is 6.40. The van der Waals surface area contributed by atoms with Gasteiger partial charge in [0.1, 0.15) is 0 Å². The fourth-order valence-electron chi connectivity index (χ4n) is 6.29. The lowest BCUT2D eigenvalue weighted by molar-refractivity contribution is -0.138. The number of alkyl halides is 3. The van der Waals surface area contributed by atoms with Crippen molar-refractivity contribution in [2.75, 3.05) is 13.1 Å². The SMILES string of the molecule is Cc1ccc(C(=O)N[C@@H]2C[C@H]3CC[C@H]2C3)c(C2CCN(Cc3ccccc3C(F)(F)F)CC2)n1. The predicted molar refractivity (Wildman–Crippen MR) is 124 cm³/mol. The molecule has 4 nitrogen and oxygen atoms in total. The highest BCUT2D eigenvalue weighted by atomic mass is 19.4. The summed E-state index contributed by atoms with van der Waals surface area (Å²) in [5.41, 5.74) is 2.14. The first-order chi connectivity index (χ1) is 16.3.